The maximum Gasteiger partial charge on any atom is 0.159 e. The molecule has 0 radical (unpaired) electrons. The Bertz CT molecular complexity index is 589. The van der Waals surface area contributed by atoms with Crippen molar-refractivity contribution < 1.29 is 17.2 Å². The van der Waals surface area contributed by atoms with E-state index in [0.717, 1.165) is 24.5 Å². The molecule has 0 aliphatic carbocycles. The summed E-state index contributed by atoms with van der Waals surface area (Å²) in [5, 5.41) is 3.32. The Hall–Kier alpha value is -1.01. The summed E-state index contributed by atoms with van der Waals surface area (Å²) < 4.78 is 49.1. The second-order valence-electron chi connectivity index (χ2n) is 5.81. The highest BCUT2D eigenvalue weighted by molar-refractivity contribution is 7.91. The SMILES string of the molecule is CC(CCc1ccc(F)c(F)c1)NC1CCCS(=O)(=O)C1. The van der Waals surface area contributed by atoms with Crippen LogP contribution in [-0.4, -0.2) is 32.0 Å². The van der Waals surface area contributed by atoms with Crippen molar-refractivity contribution in [2.75, 3.05) is 11.5 Å². The molecule has 2 atom stereocenters. The van der Waals surface area contributed by atoms with Crippen LogP contribution in [0, 0.1) is 11.6 Å². The van der Waals surface area contributed by atoms with Crippen LogP contribution in [0.4, 0.5) is 8.78 Å². The number of sulfone groups is 1. The zero-order valence-electron chi connectivity index (χ0n) is 12.1. The second-order valence-corrected chi connectivity index (χ2v) is 8.04. The maximum atomic E-state index is 13.1. The van der Waals surface area contributed by atoms with Gasteiger partial charge in [0, 0.05) is 12.1 Å². The zero-order valence-corrected chi connectivity index (χ0v) is 12.9. The summed E-state index contributed by atoms with van der Waals surface area (Å²) in [5.41, 5.74) is 0.749. The van der Waals surface area contributed by atoms with Crippen LogP contribution in [0.25, 0.3) is 0 Å². The fraction of sp³-hybridized carbons (Fsp3) is 0.600. The minimum atomic E-state index is -2.91. The van der Waals surface area contributed by atoms with Crippen LogP contribution in [-0.2, 0) is 16.3 Å². The third-order valence-corrected chi connectivity index (χ3v) is 5.65. The van der Waals surface area contributed by atoms with E-state index < -0.39 is 21.5 Å². The van der Waals surface area contributed by atoms with Crippen LogP contribution >= 0.6 is 0 Å². The first kappa shape index (κ1) is 16.4. The molecule has 0 bridgehead atoms. The average molecular weight is 317 g/mol. The van der Waals surface area contributed by atoms with Crippen molar-refractivity contribution in [3.8, 4) is 0 Å². The molecule has 6 heteroatoms. The molecule has 1 aliphatic heterocycles. The highest BCUT2D eigenvalue weighted by Gasteiger charge is 2.25. The molecular formula is C15H21F2NO2S. The van der Waals surface area contributed by atoms with E-state index in [4.69, 9.17) is 0 Å². The van der Waals surface area contributed by atoms with E-state index in [1.54, 1.807) is 6.07 Å². The molecule has 0 aromatic heterocycles. The quantitative estimate of drug-likeness (QED) is 0.907. The van der Waals surface area contributed by atoms with Crippen LogP contribution < -0.4 is 5.32 Å². The molecule has 1 fully saturated rings. The van der Waals surface area contributed by atoms with Gasteiger partial charge < -0.3 is 5.32 Å². The second kappa shape index (κ2) is 6.83. The molecule has 118 valence electrons. The minimum Gasteiger partial charge on any atom is -0.310 e. The van der Waals surface area contributed by atoms with E-state index >= 15 is 0 Å². The molecule has 1 heterocycles. The fourth-order valence-corrected chi connectivity index (χ4v) is 4.37. The van der Waals surface area contributed by atoms with Crippen LogP contribution in [0.15, 0.2) is 18.2 Å². The molecule has 2 unspecified atom stereocenters. The van der Waals surface area contributed by atoms with Crippen molar-refractivity contribution >= 4 is 9.84 Å². The largest absolute Gasteiger partial charge is 0.310 e. The lowest BCUT2D eigenvalue weighted by Crippen LogP contribution is -2.44. The number of rotatable bonds is 5. The van der Waals surface area contributed by atoms with Gasteiger partial charge in [-0.1, -0.05) is 6.07 Å². The molecule has 2 rings (SSSR count). The molecule has 1 N–H and O–H groups in total. The van der Waals surface area contributed by atoms with Crippen molar-refractivity contribution in [3.05, 3.63) is 35.4 Å². The van der Waals surface area contributed by atoms with Crippen LogP contribution in [0.3, 0.4) is 0 Å². The Morgan fingerprint density at radius 3 is 2.76 bits per heavy atom. The van der Waals surface area contributed by atoms with Crippen LogP contribution in [0.1, 0.15) is 31.7 Å². The minimum absolute atomic E-state index is 0.00343. The van der Waals surface area contributed by atoms with Crippen LogP contribution in [0.2, 0.25) is 0 Å². The van der Waals surface area contributed by atoms with E-state index in [9.17, 15) is 17.2 Å². The lowest BCUT2D eigenvalue weighted by atomic mass is 10.0. The Kier molecular flexibility index (Phi) is 5.32. The third-order valence-electron chi connectivity index (χ3n) is 3.83. The van der Waals surface area contributed by atoms with E-state index in [-0.39, 0.29) is 23.6 Å². The van der Waals surface area contributed by atoms with Gasteiger partial charge in [0.2, 0.25) is 0 Å². The van der Waals surface area contributed by atoms with E-state index in [1.165, 1.54) is 6.07 Å². The van der Waals surface area contributed by atoms with Gasteiger partial charge in [-0.05, 0) is 50.3 Å². The number of hydrogen-bond donors (Lipinski definition) is 1. The van der Waals surface area contributed by atoms with Gasteiger partial charge in [0.1, 0.15) is 0 Å². The van der Waals surface area contributed by atoms with Gasteiger partial charge in [0.25, 0.3) is 0 Å². The van der Waals surface area contributed by atoms with Gasteiger partial charge in [-0.3, -0.25) is 0 Å². The third kappa shape index (κ3) is 5.04. The summed E-state index contributed by atoms with van der Waals surface area (Å²) in [4.78, 5) is 0. The van der Waals surface area contributed by atoms with Crippen molar-refractivity contribution in [2.45, 2.75) is 44.7 Å². The molecule has 0 saturated carbocycles. The van der Waals surface area contributed by atoms with Crippen molar-refractivity contribution in [2.24, 2.45) is 0 Å². The molecule has 1 aliphatic rings. The smallest absolute Gasteiger partial charge is 0.159 e. The van der Waals surface area contributed by atoms with Gasteiger partial charge in [-0.2, -0.15) is 0 Å². The molecular weight excluding hydrogens is 296 g/mol. The lowest BCUT2D eigenvalue weighted by Gasteiger charge is -2.26. The zero-order chi connectivity index (χ0) is 15.5. The number of aryl methyl sites for hydroxylation is 1. The molecule has 21 heavy (non-hydrogen) atoms. The number of nitrogens with one attached hydrogen (secondary N) is 1. The summed E-state index contributed by atoms with van der Waals surface area (Å²) >= 11 is 0. The maximum absolute atomic E-state index is 13.1. The number of hydrogen-bond acceptors (Lipinski definition) is 3. The monoisotopic (exact) mass is 317 g/mol. The Balaban J connectivity index is 1.81. The topological polar surface area (TPSA) is 46.2 Å². The summed E-state index contributed by atoms with van der Waals surface area (Å²) in [6, 6.07) is 4.07. The van der Waals surface area contributed by atoms with E-state index in [0.29, 0.717) is 12.8 Å². The summed E-state index contributed by atoms with van der Waals surface area (Å²) in [5.74, 6) is -1.18. The van der Waals surface area contributed by atoms with Gasteiger partial charge in [-0.25, -0.2) is 17.2 Å². The Morgan fingerprint density at radius 1 is 1.33 bits per heavy atom. The first-order valence-electron chi connectivity index (χ1n) is 7.26. The van der Waals surface area contributed by atoms with E-state index in [1.807, 2.05) is 6.92 Å². The van der Waals surface area contributed by atoms with Gasteiger partial charge in [-0.15, -0.1) is 0 Å². The number of benzene rings is 1. The van der Waals surface area contributed by atoms with Gasteiger partial charge >= 0.3 is 0 Å². The molecule has 0 spiro atoms. The molecule has 0 amide bonds. The molecule has 3 nitrogen and oxygen atoms in total. The van der Waals surface area contributed by atoms with Gasteiger partial charge in [0.05, 0.1) is 11.5 Å². The summed E-state index contributed by atoms with van der Waals surface area (Å²) in [7, 11) is -2.91. The first-order chi connectivity index (χ1) is 9.85. The van der Waals surface area contributed by atoms with Crippen LogP contribution in [0.5, 0.6) is 0 Å². The summed E-state index contributed by atoms with van der Waals surface area (Å²) in [6.45, 7) is 1.99. The normalized spacial score (nSPS) is 22.9. The number of halogens is 2. The predicted molar refractivity (Wildman–Crippen MR) is 79.0 cm³/mol. The average Bonchev–Trinajstić information content (AvgIpc) is 2.39. The molecule has 1 saturated heterocycles. The Labute approximate surface area is 124 Å². The Morgan fingerprint density at radius 2 is 2.10 bits per heavy atom. The summed E-state index contributed by atoms with van der Waals surface area (Å²) in [6.07, 6.45) is 2.96. The first-order valence-corrected chi connectivity index (χ1v) is 9.08. The van der Waals surface area contributed by atoms with Crippen molar-refractivity contribution in [3.63, 3.8) is 0 Å². The highest BCUT2D eigenvalue weighted by atomic mass is 32.2. The molecule has 1 aromatic rings. The fourth-order valence-electron chi connectivity index (χ4n) is 2.72. The molecule has 1 aromatic carbocycles. The van der Waals surface area contributed by atoms with E-state index in [2.05, 4.69) is 5.32 Å². The lowest BCUT2D eigenvalue weighted by molar-refractivity contribution is 0.415. The standard InChI is InChI=1S/C15H21F2NO2S/c1-11(18-13-3-2-8-21(19,20)10-13)4-5-12-6-7-14(16)15(17)9-12/h6-7,9,11,13,18H,2-5,8,10H2,1H3. The van der Waals surface area contributed by atoms with Crippen molar-refractivity contribution in [1.29, 1.82) is 0 Å². The van der Waals surface area contributed by atoms with Gasteiger partial charge in [0.15, 0.2) is 21.5 Å². The predicted octanol–water partition coefficient (Wildman–Crippen LogP) is 2.45. The highest BCUT2D eigenvalue weighted by Crippen LogP contribution is 2.15. The van der Waals surface area contributed by atoms with Crippen molar-refractivity contribution in [1.82, 2.24) is 5.32 Å².